The highest BCUT2D eigenvalue weighted by Gasteiger charge is 2.18. The highest BCUT2D eigenvalue weighted by Crippen LogP contribution is 2.26. The SMILES string of the molecule is Cc1ccc(OCC(=O)N(C)[C@@H](C)c2ccc(-n3cncn3)cc2)c(Br)c1. The minimum atomic E-state index is -0.0877. The van der Waals surface area contributed by atoms with Gasteiger partial charge in [0.15, 0.2) is 6.61 Å². The van der Waals surface area contributed by atoms with Crippen LogP contribution in [0.2, 0.25) is 0 Å². The first-order chi connectivity index (χ1) is 13.0. The Hall–Kier alpha value is -2.67. The molecule has 0 aliphatic carbocycles. The number of rotatable bonds is 6. The van der Waals surface area contributed by atoms with Gasteiger partial charge in [-0.25, -0.2) is 9.67 Å². The van der Waals surface area contributed by atoms with Gasteiger partial charge in [-0.2, -0.15) is 5.10 Å². The molecule has 0 radical (unpaired) electrons. The number of ether oxygens (including phenoxy) is 1. The van der Waals surface area contributed by atoms with E-state index in [2.05, 4.69) is 26.0 Å². The zero-order valence-corrected chi connectivity index (χ0v) is 17.0. The van der Waals surface area contributed by atoms with E-state index in [0.29, 0.717) is 5.75 Å². The van der Waals surface area contributed by atoms with Crippen molar-refractivity contribution in [3.05, 3.63) is 70.7 Å². The molecule has 1 heterocycles. The van der Waals surface area contributed by atoms with Crippen LogP contribution < -0.4 is 4.74 Å². The molecule has 0 saturated heterocycles. The van der Waals surface area contributed by atoms with E-state index in [1.165, 1.54) is 6.33 Å². The molecule has 0 spiro atoms. The second-order valence-corrected chi connectivity index (χ2v) is 7.19. The van der Waals surface area contributed by atoms with Crippen LogP contribution in [0.5, 0.6) is 5.75 Å². The number of aryl methyl sites for hydroxylation is 1. The Morgan fingerprint density at radius 3 is 2.63 bits per heavy atom. The van der Waals surface area contributed by atoms with Crippen molar-refractivity contribution in [1.82, 2.24) is 19.7 Å². The maximum absolute atomic E-state index is 12.5. The topological polar surface area (TPSA) is 60.2 Å². The van der Waals surface area contributed by atoms with E-state index in [9.17, 15) is 4.79 Å². The third-order valence-corrected chi connectivity index (χ3v) is 5.09. The molecule has 0 bridgehead atoms. The van der Waals surface area contributed by atoms with Gasteiger partial charge in [-0.15, -0.1) is 0 Å². The maximum Gasteiger partial charge on any atom is 0.260 e. The lowest BCUT2D eigenvalue weighted by atomic mass is 10.1. The van der Waals surface area contributed by atoms with Gasteiger partial charge in [0.05, 0.1) is 16.2 Å². The van der Waals surface area contributed by atoms with Gasteiger partial charge in [0.2, 0.25) is 0 Å². The zero-order valence-electron chi connectivity index (χ0n) is 15.5. The van der Waals surface area contributed by atoms with E-state index in [4.69, 9.17) is 4.74 Å². The second-order valence-electron chi connectivity index (χ2n) is 6.33. The summed E-state index contributed by atoms with van der Waals surface area (Å²) in [6.07, 6.45) is 3.14. The van der Waals surface area contributed by atoms with Crippen molar-refractivity contribution in [3.8, 4) is 11.4 Å². The van der Waals surface area contributed by atoms with E-state index in [0.717, 1.165) is 21.3 Å². The van der Waals surface area contributed by atoms with Crippen LogP contribution in [-0.4, -0.2) is 39.2 Å². The maximum atomic E-state index is 12.5. The summed E-state index contributed by atoms with van der Waals surface area (Å²) in [6, 6.07) is 13.6. The molecule has 1 amide bonds. The van der Waals surface area contributed by atoms with Gasteiger partial charge < -0.3 is 9.64 Å². The van der Waals surface area contributed by atoms with E-state index in [-0.39, 0.29) is 18.6 Å². The molecule has 0 saturated carbocycles. The lowest BCUT2D eigenvalue weighted by Gasteiger charge is -2.25. The van der Waals surface area contributed by atoms with Crippen LogP contribution >= 0.6 is 15.9 Å². The average molecular weight is 429 g/mol. The van der Waals surface area contributed by atoms with E-state index >= 15 is 0 Å². The number of likely N-dealkylation sites (N-methyl/N-ethyl adjacent to an activating group) is 1. The Balaban J connectivity index is 1.62. The summed E-state index contributed by atoms with van der Waals surface area (Å²) in [5.74, 6) is 0.572. The van der Waals surface area contributed by atoms with E-state index in [1.54, 1.807) is 23.0 Å². The number of nitrogens with zero attached hydrogens (tertiary/aromatic N) is 4. The Morgan fingerprint density at radius 1 is 1.26 bits per heavy atom. The summed E-state index contributed by atoms with van der Waals surface area (Å²) < 4.78 is 8.21. The number of hydrogen-bond acceptors (Lipinski definition) is 4. The predicted molar refractivity (Wildman–Crippen MR) is 107 cm³/mol. The molecule has 0 fully saturated rings. The summed E-state index contributed by atoms with van der Waals surface area (Å²) in [7, 11) is 1.78. The number of halogens is 1. The van der Waals surface area contributed by atoms with Gasteiger partial charge in [0.25, 0.3) is 5.91 Å². The minimum absolute atomic E-state index is 0.0143. The zero-order chi connectivity index (χ0) is 19.4. The number of amides is 1. The second kappa shape index (κ2) is 8.35. The lowest BCUT2D eigenvalue weighted by molar-refractivity contribution is -0.134. The van der Waals surface area contributed by atoms with Crippen molar-refractivity contribution in [2.24, 2.45) is 0 Å². The molecule has 6 nitrogen and oxygen atoms in total. The van der Waals surface area contributed by atoms with Crippen molar-refractivity contribution in [2.75, 3.05) is 13.7 Å². The Kier molecular flexibility index (Phi) is 5.91. The molecule has 1 aromatic heterocycles. The van der Waals surface area contributed by atoms with Crippen molar-refractivity contribution in [3.63, 3.8) is 0 Å². The molecule has 0 N–H and O–H groups in total. The van der Waals surface area contributed by atoms with Crippen molar-refractivity contribution in [1.29, 1.82) is 0 Å². The van der Waals surface area contributed by atoms with Crippen molar-refractivity contribution in [2.45, 2.75) is 19.9 Å². The number of carbonyl (C=O) groups is 1. The van der Waals surface area contributed by atoms with Gasteiger partial charge in [-0.05, 0) is 65.2 Å². The minimum Gasteiger partial charge on any atom is -0.483 e. The molecule has 0 aliphatic heterocycles. The fraction of sp³-hybridized carbons (Fsp3) is 0.250. The number of hydrogen-bond donors (Lipinski definition) is 0. The largest absolute Gasteiger partial charge is 0.483 e. The van der Waals surface area contributed by atoms with Crippen molar-refractivity contribution >= 4 is 21.8 Å². The standard InChI is InChI=1S/C20H21BrN4O2/c1-14-4-9-19(18(21)10-14)27-11-20(26)24(3)15(2)16-5-7-17(8-6-16)25-13-22-12-23-25/h4-10,12-13,15H,11H2,1-3H3/t15-/m0/s1. The molecule has 0 unspecified atom stereocenters. The number of benzene rings is 2. The third-order valence-electron chi connectivity index (χ3n) is 4.47. The quantitative estimate of drug-likeness (QED) is 0.596. The van der Waals surface area contributed by atoms with Crippen LogP contribution in [0.3, 0.4) is 0 Å². The third kappa shape index (κ3) is 4.54. The molecule has 27 heavy (non-hydrogen) atoms. The molecular weight excluding hydrogens is 408 g/mol. The molecule has 1 atom stereocenters. The summed E-state index contributed by atoms with van der Waals surface area (Å²) in [4.78, 5) is 18.2. The Bertz CT molecular complexity index is 910. The van der Waals surface area contributed by atoms with Gasteiger partial charge in [-0.1, -0.05) is 18.2 Å². The monoisotopic (exact) mass is 428 g/mol. The fourth-order valence-corrected chi connectivity index (χ4v) is 3.26. The van der Waals surface area contributed by atoms with Crippen LogP contribution in [0.25, 0.3) is 5.69 Å². The predicted octanol–water partition coefficient (Wildman–Crippen LogP) is 3.94. The average Bonchev–Trinajstić information content (AvgIpc) is 3.21. The lowest BCUT2D eigenvalue weighted by Crippen LogP contribution is -2.33. The molecule has 2 aromatic carbocycles. The summed E-state index contributed by atoms with van der Waals surface area (Å²) >= 11 is 3.46. The fourth-order valence-electron chi connectivity index (χ4n) is 2.65. The highest BCUT2D eigenvalue weighted by molar-refractivity contribution is 9.10. The van der Waals surface area contributed by atoms with Crippen LogP contribution in [0.4, 0.5) is 0 Å². The first-order valence-corrected chi connectivity index (χ1v) is 9.34. The highest BCUT2D eigenvalue weighted by atomic mass is 79.9. The van der Waals surface area contributed by atoms with Gasteiger partial charge in [0.1, 0.15) is 18.4 Å². The van der Waals surface area contributed by atoms with Crippen molar-refractivity contribution < 1.29 is 9.53 Å². The molecule has 140 valence electrons. The molecule has 3 rings (SSSR count). The summed E-state index contributed by atoms with van der Waals surface area (Å²) in [5, 5.41) is 4.11. The van der Waals surface area contributed by atoms with Crippen LogP contribution in [0, 0.1) is 6.92 Å². The molecule has 7 heteroatoms. The van der Waals surface area contributed by atoms with Gasteiger partial charge >= 0.3 is 0 Å². The van der Waals surface area contributed by atoms with E-state index < -0.39 is 0 Å². The Morgan fingerprint density at radius 2 is 2.00 bits per heavy atom. The van der Waals surface area contributed by atoms with Crippen LogP contribution in [0.1, 0.15) is 24.1 Å². The first-order valence-electron chi connectivity index (χ1n) is 8.55. The molecule has 0 aliphatic rings. The summed E-state index contributed by atoms with van der Waals surface area (Å²) in [6.45, 7) is 3.98. The Labute approximate surface area is 166 Å². The van der Waals surface area contributed by atoms with Crippen LogP contribution in [0.15, 0.2) is 59.6 Å². The smallest absolute Gasteiger partial charge is 0.260 e. The normalized spacial score (nSPS) is 11.9. The summed E-state index contributed by atoms with van der Waals surface area (Å²) in [5.41, 5.74) is 3.08. The van der Waals surface area contributed by atoms with E-state index in [1.807, 2.05) is 56.3 Å². The van der Waals surface area contributed by atoms with Gasteiger partial charge in [0, 0.05) is 7.05 Å². The van der Waals surface area contributed by atoms with Gasteiger partial charge in [-0.3, -0.25) is 4.79 Å². The van der Waals surface area contributed by atoms with Crippen LogP contribution in [-0.2, 0) is 4.79 Å². The molecule has 3 aromatic rings. The number of aromatic nitrogens is 3. The number of carbonyl (C=O) groups excluding carboxylic acids is 1. The molecular formula is C20H21BrN4O2. The first kappa shape index (κ1) is 19.1.